The number of carbonyl (C=O) groups is 2. The number of carbonyl (C=O) groups excluding carboxylic acids is 2. The minimum atomic E-state index is -1.28. The summed E-state index contributed by atoms with van der Waals surface area (Å²) in [5.74, 6) is -4.42. The number of esters is 1. The second-order valence-electron chi connectivity index (χ2n) is 4.10. The summed E-state index contributed by atoms with van der Waals surface area (Å²) in [4.78, 5) is 27.1. The first-order valence-electron chi connectivity index (χ1n) is 5.45. The molecule has 2 rings (SSSR count). The summed E-state index contributed by atoms with van der Waals surface area (Å²) in [5.41, 5.74) is -0.324. The van der Waals surface area contributed by atoms with Crippen LogP contribution in [0.15, 0.2) is 0 Å². The normalized spacial score (nSPS) is 18.6. The number of anilines is 1. The highest BCUT2D eigenvalue weighted by molar-refractivity contribution is 6.40. The monoisotopic (exact) mass is 324 g/mol. The van der Waals surface area contributed by atoms with Gasteiger partial charge in [-0.05, 0) is 0 Å². The number of halogens is 4. The van der Waals surface area contributed by atoms with E-state index >= 15 is 0 Å². The second-order valence-corrected chi connectivity index (χ2v) is 4.85. The maximum absolute atomic E-state index is 13.4. The third-order valence-electron chi connectivity index (χ3n) is 2.90. The van der Waals surface area contributed by atoms with Crippen molar-refractivity contribution in [3.63, 3.8) is 0 Å². The molecule has 1 fully saturated rings. The molecule has 1 saturated heterocycles. The van der Waals surface area contributed by atoms with Crippen LogP contribution < -0.4 is 4.90 Å². The van der Waals surface area contributed by atoms with Crippen LogP contribution in [0, 0.1) is 17.8 Å². The molecule has 1 aromatic heterocycles. The molecule has 20 heavy (non-hydrogen) atoms. The lowest BCUT2D eigenvalue weighted by molar-refractivity contribution is -0.145. The van der Waals surface area contributed by atoms with Gasteiger partial charge >= 0.3 is 5.97 Å². The van der Waals surface area contributed by atoms with Gasteiger partial charge in [-0.3, -0.25) is 9.59 Å². The summed E-state index contributed by atoms with van der Waals surface area (Å²) in [6.07, 6.45) is -0.148. The van der Waals surface area contributed by atoms with Crippen molar-refractivity contribution in [3.05, 3.63) is 21.9 Å². The van der Waals surface area contributed by atoms with Gasteiger partial charge in [0.15, 0.2) is 0 Å². The fourth-order valence-corrected chi connectivity index (χ4v) is 2.49. The number of nitrogens with zero attached hydrogens (tertiary/aromatic N) is 2. The van der Waals surface area contributed by atoms with Crippen molar-refractivity contribution in [1.82, 2.24) is 4.98 Å². The van der Waals surface area contributed by atoms with Gasteiger partial charge in [0, 0.05) is 13.0 Å². The van der Waals surface area contributed by atoms with E-state index in [2.05, 4.69) is 9.72 Å². The SMILES string of the molecule is COC(=O)C1CC(=O)N(c2c(Cl)c(F)nc(F)c2Cl)C1. The van der Waals surface area contributed by atoms with Crippen molar-refractivity contribution >= 4 is 40.8 Å². The molecular formula is C11H8Cl2F2N2O3. The molecule has 0 saturated carbocycles. The Labute approximate surface area is 122 Å². The summed E-state index contributed by atoms with van der Waals surface area (Å²) in [6.45, 7) is -0.117. The van der Waals surface area contributed by atoms with E-state index in [1.54, 1.807) is 0 Å². The fraction of sp³-hybridized carbons (Fsp3) is 0.364. The minimum Gasteiger partial charge on any atom is -0.469 e. The summed E-state index contributed by atoms with van der Waals surface area (Å²) < 4.78 is 31.2. The molecule has 1 amide bonds. The third kappa shape index (κ3) is 2.43. The summed E-state index contributed by atoms with van der Waals surface area (Å²) in [7, 11) is 1.18. The van der Waals surface area contributed by atoms with Crippen molar-refractivity contribution in [2.24, 2.45) is 5.92 Å². The van der Waals surface area contributed by atoms with Crippen molar-refractivity contribution in [3.8, 4) is 0 Å². The molecule has 0 bridgehead atoms. The zero-order chi connectivity index (χ0) is 15.0. The molecule has 1 aliphatic heterocycles. The average molecular weight is 325 g/mol. The number of hydrogen-bond acceptors (Lipinski definition) is 4. The van der Waals surface area contributed by atoms with Gasteiger partial charge in [0.25, 0.3) is 0 Å². The Kier molecular flexibility index (Phi) is 4.10. The molecule has 1 atom stereocenters. The molecule has 2 heterocycles. The zero-order valence-corrected chi connectivity index (χ0v) is 11.6. The highest BCUT2D eigenvalue weighted by atomic mass is 35.5. The Balaban J connectivity index is 2.43. The van der Waals surface area contributed by atoms with Crippen molar-refractivity contribution in [2.75, 3.05) is 18.6 Å². The predicted octanol–water partition coefficient (Wildman–Crippen LogP) is 2.19. The van der Waals surface area contributed by atoms with Gasteiger partial charge in [-0.2, -0.15) is 13.8 Å². The first-order valence-corrected chi connectivity index (χ1v) is 6.20. The largest absolute Gasteiger partial charge is 0.469 e. The van der Waals surface area contributed by atoms with Gasteiger partial charge in [-0.1, -0.05) is 23.2 Å². The molecule has 0 aromatic carbocycles. The van der Waals surface area contributed by atoms with Crippen LogP contribution in [-0.2, 0) is 14.3 Å². The van der Waals surface area contributed by atoms with Crippen LogP contribution in [0.4, 0.5) is 14.5 Å². The number of hydrogen-bond donors (Lipinski definition) is 0. The first kappa shape index (κ1) is 14.9. The molecule has 1 unspecified atom stereocenters. The van der Waals surface area contributed by atoms with Crippen LogP contribution in [0.5, 0.6) is 0 Å². The third-order valence-corrected chi connectivity index (χ3v) is 3.57. The summed E-state index contributed by atoms with van der Waals surface area (Å²) in [6, 6.07) is 0. The number of methoxy groups -OCH3 is 1. The topological polar surface area (TPSA) is 59.5 Å². The molecular weight excluding hydrogens is 317 g/mol. The van der Waals surface area contributed by atoms with Gasteiger partial charge in [-0.15, -0.1) is 0 Å². The van der Waals surface area contributed by atoms with Gasteiger partial charge in [0.2, 0.25) is 17.8 Å². The minimum absolute atomic E-state index is 0.117. The van der Waals surface area contributed by atoms with Crippen molar-refractivity contribution in [2.45, 2.75) is 6.42 Å². The van der Waals surface area contributed by atoms with Crippen LogP contribution in [-0.4, -0.2) is 30.5 Å². The average Bonchev–Trinajstić information content (AvgIpc) is 2.78. The highest BCUT2D eigenvalue weighted by Gasteiger charge is 2.38. The second kappa shape index (κ2) is 5.49. The van der Waals surface area contributed by atoms with Gasteiger partial charge in [0.05, 0.1) is 18.7 Å². The smallest absolute Gasteiger partial charge is 0.311 e. The van der Waals surface area contributed by atoms with Gasteiger partial charge in [-0.25, -0.2) is 0 Å². The number of ether oxygens (including phenoxy) is 1. The van der Waals surface area contributed by atoms with Crippen molar-refractivity contribution in [1.29, 1.82) is 0 Å². The maximum atomic E-state index is 13.4. The Morgan fingerprint density at radius 3 is 2.40 bits per heavy atom. The van der Waals surface area contributed by atoms with Gasteiger partial charge < -0.3 is 9.64 Å². The summed E-state index contributed by atoms with van der Waals surface area (Å²) in [5, 5.41) is -1.15. The lowest BCUT2D eigenvalue weighted by atomic mass is 10.1. The molecule has 108 valence electrons. The Morgan fingerprint density at radius 1 is 1.35 bits per heavy atom. The van der Waals surface area contributed by atoms with E-state index in [4.69, 9.17) is 23.2 Å². The predicted molar refractivity (Wildman–Crippen MR) is 66.6 cm³/mol. The van der Waals surface area contributed by atoms with Crippen molar-refractivity contribution < 1.29 is 23.1 Å². The molecule has 9 heteroatoms. The van der Waals surface area contributed by atoms with E-state index in [9.17, 15) is 18.4 Å². The molecule has 0 spiro atoms. The Morgan fingerprint density at radius 2 is 1.90 bits per heavy atom. The lowest BCUT2D eigenvalue weighted by Crippen LogP contribution is -2.27. The molecule has 1 aliphatic rings. The molecule has 0 N–H and O–H groups in total. The van der Waals surface area contributed by atoms with Gasteiger partial charge in [0.1, 0.15) is 10.0 Å². The number of pyridine rings is 1. The molecule has 0 radical (unpaired) electrons. The molecule has 5 nitrogen and oxygen atoms in total. The fourth-order valence-electron chi connectivity index (χ4n) is 1.96. The van der Waals surface area contributed by atoms with Crippen LogP contribution in [0.1, 0.15) is 6.42 Å². The van der Waals surface area contributed by atoms with E-state index < -0.39 is 39.7 Å². The summed E-state index contributed by atoms with van der Waals surface area (Å²) >= 11 is 11.4. The Bertz CT molecular complexity index is 571. The standard InChI is InChI=1S/C11H8Cl2F2N2O3/c1-20-11(19)4-2-5(18)17(3-4)8-6(12)9(14)16-10(15)7(8)13/h4H,2-3H2,1H3. The number of rotatable bonds is 2. The number of amides is 1. The van der Waals surface area contributed by atoms with Crippen LogP contribution in [0.3, 0.4) is 0 Å². The van der Waals surface area contributed by atoms with E-state index in [1.165, 1.54) is 7.11 Å². The molecule has 1 aromatic rings. The zero-order valence-electron chi connectivity index (χ0n) is 10.1. The van der Waals surface area contributed by atoms with Crippen LogP contribution in [0.25, 0.3) is 0 Å². The highest BCUT2D eigenvalue weighted by Crippen LogP contribution is 2.39. The van der Waals surface area contributed by atoms with Crippen LogP contribution >= 0.6 is 23.2 Å². The van der Waals surface area contributed by atoms with E-state index in [0.717, 1.165) is 4.90 Å². The molecule has 0 aliphatic carbocycles. The number of aromatic nitrogens is 1. The van der Waals surface area contributed by atoms with Crippen LogP contribution in [0.2, 0.25) is 10.0 Å². The quantitative estimate of drug-likeness (QED) is 0.618. The van der Waals surface area contributed by atoms with E-state index in [0.29, 0.717) is 0 Å². The van der Waals surface area contributed by atoms with E-state index in [1.807, 2.05) is 0 Å². The Hall–Kier alpha value is -1.47. The maximum Gasteiger partial charge on any atom is 0.311 e. The van der Waals surface area contributed by atoms with E-state index in [-0.39, 0.29) is 18.7 Å². The lowest BCUT2D eigenvalue weighted by Gasteiger charge is -2.19. The first-order chi connectivity index (χ1) is 9.36.